The van der Waals surface area contributed by atoms with Crippen LogP contribution in [0, 0.1) is 0 Å². The Kier molecular flexibility index (Phi) is 4.66. The minimum atomic E-state index is 0.591. The van der Waals surface area contributed by atoms with Gasteiger partial charge >= 0.3 is 0 Å². The maximum Gasteiger partial charge on any atom is 0.148 e. The fourth-order valence-corrected chi connectivity index (χ4v) is 2.26. The highest BCUT2D eigenvalue weighted by molar-refractivity contribution is 5.44. The Morgan fingerprint density at radius 3 is 2.27 bits per heavy atom. The van der Waals surface area contributed by atoms with Crippen LogP contribution in [0.1, 0.15) is 63.6 Å². The fraction of sp³-hybridized carbons (Fsp3) is 0.750. The van der Waals surface area contributed by atoms with Gasteiger partial charge in [0.15, 0.2) is 0 Å². The first kappa shape index (κ1) is 12.1. The topological polar surface area (TPSA) is 54.7 Å². The molecule has 0 saturated carbocycles. The van der Waals surface area contributed by atoms with Gasteiger partial charge in [0, 0.05) is 11.3 Å². The molecule has 15 heavy (non-hydrogen) atoms. The number of nitrogens with zero attached hydrogens (tertiary/aromatic N) is 1. The zero-order valence-electron chi connectivity index (χ0n) is 10.1. The molecule has 0 spiro atoms. The number of hydrogen-bond acceptors (Lipinski definition) is 2. The summed E-state index contributed by atoms with van der Waals surface area (Å²) < 4.78 is 0. The number of nitrogen functional groups attached to an aromatic ring is 1. The molecule has 0 aromatic carbocycles. The average molecular weight is 209 g/mol. The van der Waals surface area contributed by atoms with Crippen molar-refractivity contribution >= 4 is 5.82 Å². The molecule has 0 aliphatic carbocycles. The molecule has 1 rings (SSSR count). The smallest absolute Gasteiger partial charge is 0.148 e. The van der Waals surface area contributed by atoms with Crippen LogP contribution < -0.4 is 5.73 Å². The summed E-state index contributed by atoms with van der Waals surface area (Å²) in [7, 11) is 0. The maximum atomic E-state index is 5.94. The largest absolute Gasteiger partial charge is 0.382 e. The number of aromatic nitrogens is 2. The van der Waals surface area contributed by atoms with Crippen molar-refractivity contribution in [2.45, 2.75) is 58.8 Å². The summed E-state index contributed by atoms with van der Waals surface area (Å²) >= 11 is 0. The third-order valence-electron chi connectivity index (χ3n) is 2.95. The lowest BCUT2D eigenvalue weighted by molar-refractivity contribution is 0.558. The Balaban J connectivity index is 2.92. The van der Waals surface area contributed by atoms with Crippen molar-refractivity contribution < 1.29 is 0 Å². The Morgan fingerprint density at radius 1 is 1.20 bits per heavy atom. The van der Waals surface area contributed by atoms with Crippen LogP contribution in [0.4, 0.5) is 5.82 Å². The zero-order valence-corrected chi connectivity index (χ0v) is 10.1. The molecule has 0 aliphatic rings. The maximum absolute atomic E-state index is 5.94. The third kappa shape index (κ3) is 2.74. The molecular formula is C12H23N3. The first-order valence-corrected chi connectivity index (χ1v) is 6.07. The molecule has 0 aliphatic heterocycles. The summed E-state index contributed by atoms with van der Waals surface area (Å²) in [6.07, 6.45) is 5.83. The lowest BCUT2D eigenvalue weighted by Crippen LogP contribution is -2.04. The molecule has 0 bridgehead atoms. The van der Waals surface area contributed by atoms with Gasteiger partial charge in [-0.3, -0.25) is 5.10 Å². The Hall–Kier alpha value is -0.990. The zero-order chi connectivity index (χ0) is 11.3. The highest BCUT2D eigenvalue weighted by Crippen LogP contribution is 2.32. The van der Waals surface area contributed by atoms with Crippen LogP contribution in [0.5, 0.6) is 0 Å². The van der Waals surface area contributed by atoms with Gasteiger partial charge in [0.1, 0.15) is 5.82 Å². The highest BCUT2D eigenvalue weighted by atomic mass is 15.2. The molecule has 1 aromatic rings. The van der Waals surface area contributed by atoms with Crippen LogP contribution in [0.15, 0.2) is 0 Å². The van der Waals surface area contributed by atoms with Crippen LogP contribution >= 0.6 is 0 Å². The van der Waals surface area contributed by atoms with Gasteiger partial charge in [0.05, 0.1) is 0 Å². The molecule has 0 amide bonds. The second kappa shape index (κ2) is 5.79. The molecule has 3 heteroatoms. The van der Waals surface area contributed by atoms with Gasteiger partial charge in [-0.05, 0) is 25.2 Å². The number of nitrogens with one attached hydrogen (secondary N) is 1. The molecule has 0 atom stereocenters. The van der Waals surface area contributed by atoms with E-state index in [9.17, 15) is 0 Å². The molecule has 1 aromatic heterocycles. The van der Waals surface area contributed by atoms with Crippen LogP contribution in [0.25, 0.3) is 0 Å². The van der Waals surface area contributed by atoms with Crippen LogP contribution in [0.2, 0.25) is 0 Å². The molecular weight excluding hydrogens is 186 g/mol. The normalized spacial score (nSPS) is 11.2. The molecule has 3 N–H and O–H groups in total. The van der Waals surface area contributed by atoms with E-state index in [-0.39, 0.29) is 0 Å². The lowest BCUT2D eigenvalue weighted by Gasteiger charge is -2.16. The van der Waals surface area contributed by atoms with Crippen molar-refractivity contribution in [1.82, 2.24) is 10.2 Å². The van der Waals surface area contributed by atoms with E-state index in [2.05, 4.69) is 31.0 Å². The molecule has 0 saturated heterocycles. The summed E-state index contributed by atoms with van der Waals surface area (Å²) in [6, 6.07) is 0. The minimum absolute atomic E-state index is 0.591. The second-order valence-corrected chi connectivity index (χ2v) is 4.13. The van der Waals surface area contributed by atoms with Crippen LogP contribution in [-0.4, -0.2) is 10.2 Å². The number of H-pyrrole nitrogens is 1. The van der Waals surface area contributed by atoms with E-state index >= 15 is 0 Å². The highest BCUT2D eigenvalue weighted by Gasteiger charge is 2.18. The Morgan fingerprint density at radius 2 is 1.80 bits per heavy atom. The van der Waals surface area contributed by atoms with Gasteiger partial charge in [0.2, 0.25) is 0 Å². The summed E-state index contributed by atoms with van der Waals surface area (Å²) in [4.78, 5) is 0. The van der Waals surface area contributed by atoms with Crippen molar-refractivity contribution in [1.29, 1.82) is 0 Å². The van der Waals surface area contributed by atoms with E-state index in [0.717, 1.165) is 6.42 Å². The first-order chi connectivity index (χ1) is 7.24. The number of nitrogens with two attached hydrogens (primary N) is 1. The van der Waals surface area contributed by atoms with Crippen LogP contribution in [0.3, 0.4) is 0 Å². The number of anilines is 1. The van der Waals surface area contributed by atoms with E-state index in [1.54, 1.807) is 0 Å². The van der Waals surface area contributed by atoms with E-state index in [4.69, 9.17) is 5.73 Å². The number of aryl methyl sites for hydroxylation is 1. The SMILES string of the molecule is CCCC(CCC)c1c(N)n[nH]c1CC. The predicted octanol–water partition coefficient (Wildman–Crippen LogP) is 3.24. The Labute approximate surface area is 92.5 Å². The van der Waals surface area contributed by atoms with Gasteiger partial charge in [-0.25, -0.2) is 0 Å². The predicted molar refractivity (Wildman–Crippen MR) is 64.9 cm³/mol. The van der Waals surface area contributed by atoms with Crippen molar-refractivity contribution in [3.63, 3.8) is 0 Å². The van der Waals surface area contributed by atoms with Crippen molar-refractivity contribution in [2.24, 2.45) is 0 Å². The second-order valence-electron chi connectivity index (χ2n) is 4.13. The summed E-state index contributed by atoms with van der Waals surface area (Å²) in [5.41, 5.74) is 8.44. The molecule has 0 unspecified atom stereocenters. The van der Waals surface area contributed by atoms with Gasteiger partial charge in [0.25, 0.3) is 0 Å². The van der Waals surface area contributed by atoms with Crippen molar-refractivity contribution in [2.75, 3.05) is 5.73 Å². The number of hydrogen-bond donors (Lipinski definition) is 2. The molecule has 0 radical (unpaired) electrons. The Bertz CT molecular complexity index is 285. The first-order valence-electron chi connectivity index (χ1n) is 6.07. The number of rotatable bonds is 6. The van der Waals surface area contributed by atoms with Gasteiger partial charge < -0.3 is 5.73 Å². The van der Waals surface area contributed by atoms with Crippen LogP contribution in [-0.2, 0) is 6.42 Å². The van der Waals surface area contributed by atoms with Gasteiger partial charge in [-0.1, -0.05) is 33.6 Å². The monoisotopic (exact) mass is 209 g/mol. The molecule has 1 heterocycles. The minimum Gasteiger partial charge on any atom is -0.382 e. The van der Waals surface area contributed by atoms with Crippen molar-refractivity contribution in [3.8, 4) is 0 Å². The van der Waals surface area contributed by atoms with Crippen molar-refractivity contribution in [3.05, 3.63) is 11.3 Å². The summed E-state index contributed by atoms with van der Waals surface area (Å²) in [5.74, 6) is 1.30. The standard InChI is InChI=1S/C12H23N3/c1-4-7-9(8-5-2)11-10(6-3)14-15-12(11)13/h9H,4-8H2,1-3H3,(H3,13,14,15). The van der Waals surface area contributed by atoms with Gasteiger partial charge in [-0.2, -0.15) is 5.10 Å². The van der Waals surface area contributed by atoms with E-state index < -0.39 is 0 Å². The third-order valence-corrected chi connectivity index (χ3v) is 2.95. The quantitative estimate of drug-likeness (QED) is 0.755. The van der Waals surface area contributed by atoms with E-state index in [0.29, 0.717) is 11.7 Å². The van der Waals surface area contributed by atoms with Gasteiger partial charge in [-0.15, -0.1) is 0 Å². The number of aromatic amines is 1. The lowest BCUT2D eigenvalue weighted by atomic mass is 9.89. The molecule has 0 fully saturated rings. The summed E-state index contributed by atoms with van der Waals surface area (Å²) in [5, 5.41) is 7.17. The van der Waals surface area contributed by atoms with E-state index in [1.807, 2.05) is 0 Å². The average Bonchev–Trinajstić information content (AvgIpc) is 2.59. The fourth-order valence-electron chi connectivity index (χ4n) is 2.26. The molecule has 86 valence electrons. The van der Waals surface area contributed by atoms with E-state index in [1.165, 1.54) is 36.9 Å². The molecule has 3 nitrogen and oxygen atoms in total. The summed E-state index contributed by atoms with van der Waals surface area (Å²) in [6.45, 7) is 6.60.